The van der Waals surface area contributed by atoms with Crippen LogP contribution in [0.4, 0.5) is 17.3 Å². The number of nitrogens with one attached hydrogen (secondary N) is 2. The zero-order valence-electron chi connectivity index (χ0n) is 17.7. The Balaban J connectivity index is 1.62. The van der Waals surface area contributed by atoms with Gasteiger partial charge in [-0.1, -0.05) is 17.9 Å². The van der Waals surface area contributed by atoms with Gasteiger partial charge in [-0.2, -0.15) is 4.31 Å². The van der Waals surface area contributed by atoms with E-state index in [0.717, 1.165) is 18.6 Å². The molecule has 0 bridgehead atoms. The molecule has 3 aromatic rings. The van der Waals surface area contributed by atoms with Crippen LogP contribution in [0.5, 0.6) is 5.75 Å². The van der Waals surface area contributed by atoms with E-state index in [1.807, 2.05) is 26.0 Å². The first-order valence-electron chi connectivity index (χ1n) is 10.3. The van der Waals surface area contributed by atoms with Gasteiger partial charge >= 0.3 is 5.82 Å². The summed E-state index contributed by atoms with van der Waals surface area (Å²) >= 11 is 0. The van der Waals surface area contributed by atoms with Crippen molar-refractivity contribution in [1.29, 1.82) is 0 Å². The molecule has 12 heteroatoms. The molecule has 1 saturated heterocycles. The fourth-order valence-corrected chi connectivity index (χ4v) is 5.28. The van der Waals surface area contributed by atoms with E-state index in [2.05, 4.69) is 15.8 Å². The Kier molecular flexibility index (Phi) is 5.98. The number of furan rings is 1. The fourth-order valence-electron chi connectivity index (χ4n) is 3.65. The molecule has 172 valence electrons. The van der Waals surface area contributed by atoms with Crippen LogP contribution in [-0.4, -0.2) is 36.1 Å². The van der Waals surface area contributed by atoms with Crippen molar-refractivity contribution in [1.82, 2.24) is 9.46 Å². The quantitative estimate of drug-likeness (QED) is 0.338. The molecule has 3 N–H and O–H groups in total. The summed E-state index contributed by atoms with van der Waals surface area (Å²) in [5, 5.41) is 32.5. The molecular weight excluding hydrogens is 438 g/mol. The summed E-state index contributed by atoms with van der Waals surface area (Å²) in [6.07, 6.45) is 2.18. The van der Waals surface area contributed by atoms with Gasteiger partial charge in [0.1, 0.15) is 22.1 Å². The molecule has 2 aromatic heterocycles. The summed E-state index contributed by atoms with van der Waals surface area (Å²) in [7, 11) is -3.86. The van der Waals surface area contributed by atoms with Gasteiger partial charge in [-0.05, 0) is 55.6 Å². The van der Waals surface area contributed by atoms with Crippen molar-refractivity contribution in [3.05, 3.63) is 47.1 Å². The number of benzene rings is 1. The average molecular weight is 464 g/mol. The van der Waals surface area contributed by atoms with Crippen LogP contribution in [0.15, 0.2) is 44.3 Å². The molecule has 1 aromatic carbocycles. The Morgan fingerprint density at radius 3 is 2.69 bits per heavy atom. The van der Waals surface area contributed by atoms with Crippen molar-refractivity contribution in [2.45, 2.75) is 44.0 Å². The third-order valence-electron chi connectivity index (χ3n) is 5.37. The number of hydrogen-bond acceptors (Lipinski definition) is 9. The molecular formula is C20H25N5O6S. The first-order chi connectivity index (χ1) is 15.3. The van der Waals surface area contributed by atoms with E-state index in [-0.39, 0.29) is 33.2 Å². The fraction of sp³-hybridized carbons (Fsp3) is 0.400. The summed E-state index contributed by atoms with van der Waals surface area (Å²) < 4.78 is 37.5. The lowest BCUT2D eigenvalue weighted by atomic mass is 10.2. The van der Waals surface area contributed by atoms with Crippen LogP contribution in [0.25, 0.3) is 0 Å². The summed E-state index contributed by atoms with van der Waals surface area (Å²) in [4.78, 5) is -0.0888. The zero-order chi connectivity index (χ0) is 22.9. The Labute approximate surface area is 185 Å². The second-order valence-corrected chi connectivity index (χ2v) is 9.48. The minimum atomic E-state index is -3.86. The highest BCUT2D eigenvalue weighted by molar-refractivity contribution is 7.89. The maximum absolute atomic E-state index is 12.9. The molecule has 4 rings (SSSR count). The lowest BCUT2D eigenvalue weighted by Gasteiger charge is -2.17. The highest BCUT2D eigenvalue weighted by atomic mass is 32.2. The number of anilines is 3. The Bertz CT molecular complexity index is 1200. The van der Waals surface area contributed by atoms with Gasteiger partial charge in [0.25, 0.3) is 5.82 Å². The highest BCUT2D eigenvalue weighted by Gasteiger charge is 2.32. The molecule has 1 atom stereocenters. The van der Waals surface area contributed by atoms with Gasteiger partial charge < -0.3 is 24.7 Å². The molecule has 0 amide bonds. The third-order valence-corrected chi connectivity index (χ3v) is 7.30. The van der Waals surface area contributed by atoms with Crippen molar-refractivity contribution in [2.75, 3.05) is 23.7 Å². The molecule has 0 saturated carbocycles. The number of phenolic OH excluding ortho intramolecular Hbond substituents is 1. The average Bonchev–Trinajstić information content (AvgIpc) is 3.51. The van der Waals surface area contributed by atoms with Crippen LogP contribution < -0.4 is 15.5 Å². The van der Waals surface area contributed by atoms with Crippen molar-refractivity contribution >= 4 is 27.3 Å². The first kappa shape index (κ1) is 22.0. The van der Waals surface area contributed by atoms with Crippen molar-refractivity contribution in [3.63, 3.8) is 0 Å². The van der Waals surface area contributed by atoms with E-state index >= 15 is 0 Å². The van der Waals surface area contributed by atoms with Gasteiger partial charge in [0.15, 0.2) is 5.75 Å². The van der Waals surface area contributed by atoms with Crippen LogP contribution in [0.3, 0.4) is 0 Å². The number of para-hydroxylation sites is 1. The number of aromatic hydroxyl groups is 1. The predicted octanol–water partition coefficient (Wildman–Crippen LogP) is 3.01. The van der Waals surface area contributed by atoms with Crippen LogP contribution in [0, 0.1) is 12.1 Å². The summed E-state index contributed by atoms with van der Waals surface area (Å²) in [5.41, 5.74) is 0.0306. The lowest BCUT2D eigenvalue weighted by Crippen LogP contribution is -2.28. The predicted molar refractivity (Wildman–Crippen MR) is 115 cm³/mol. The van der Waals surface area contributed by atoms with Crippen LogP contribution in [0.2, 0.25) is 0 Å². The lowest BCUT2D eigenvalue weighted by molar-refractivity contribution is -0.790. The number of rotatable bonds is 8. The molecule has 11 nitrogen and oxygen atoms in total. The van der Waals surface area contributed by atoms with E-state index in [4.69, 9.17) is 9.05 Å². The van der Waals surface area contributed by atoms with Crippen LogP contribution in [0.1, 0.15) is 43.7 Å². The monoisotopic (exact) mass is 463 g/mol. The number of phenols is 1. The zero-order valence-corrected chi connectivity index (χ0v) is 18.6. The third kappa shape index (κ3) is 4.10. The topological polar surface area (TPSA) is 148 Å². The molecule has 0 spiro atoms. The Hall–Kier alpha value is -3.25. The molecule has 1 aliphatic rings. The van der Waals surface area contributed by atoms with Gasteiger partial charge in [0, 0.05) is 13.1 Å². The van der Waals surface area contributed by atoms with Crippen molar-refractivity contribution in [2.24, 2.45) is 0 Å². The minimum Gasteiger partial charge on any atom is -0.503 e. The standard InChI is InChI=1S/C20H25N5O6S/c1-3-14(16-10-9-13(2)30-16)21-19-20(25(27)31-23-19)22-15-7-6-8-17(18(15)26)32(28,29)24-11-4-5-12-24/h6-10,14,22,26H,3-5,11-12H2,1-2H3,(H,21,23)/t14-/m1/s1. The molecule has 1 aliphatic heterocycles. The van der Waals surface area contributed by atoms with Gasteiger partial charge in [0.05, 0.1) is 6.04 Å². The van der Waals surface area contributed by atoms with E-state index < -0.39 is 15.8 Å². The van der Waals surface area contributed by atoms with Gasteiger partial charge in [-0.15, -0.1) is 0 Å². The Morgan fingerprint density at radius 1 is 1.28 bits per heavy atom. The van der Waals surface area contributed by atoms with E-state index in [1.54, 1.807) is 0 Å². The molecule has 0 aliphatic carbocycles. The number of aromatic nitrogens is 2. The summed E-state index contributed by atoms with van der Waals surface area (Å²) in [6, 6.07) is 7.65. The maximum atomic E-state index is 12.9. The van der Waals surface area contributed by atoms with Gasteiger partial charge in [-0.3, -0.25) is 5.32 Å². The van der Waals surface area contributed by atoms with Crippen molar-refractivity contribution < 1.29 is 27.5 Å². The minimum absolute atomic E-state index is 0.0306. The largest absolute Gasteiger partial charge is 0.503 e. The molecule has 0 radical (unpaired) electrons. The number of sulfonamides is 1. The Morgan fingerprint density at radius 2 is 2.03 bits per heavy atom. The van der Waals surface area contributed by atoms with E-state index in [1.165, 1.54) is 22.5 Å². The van der Waals surface area contributed by atoms with Gasteiger partial charge in [0.2, 0.25) is 10.0 Å². The SMILES string of the molecule is CC[C@@H](Nc1no[n+]([O-])c1Nc1cccc(S(=O)(=O)N2CCCC2)c1O)c1ccc(C)o1. The normalized spacial score (nSPS) is 15.7. The number of nitrogens with zero attached hydrogens (tertiary/aromatic N) is 3. The second-order valence-electron chi connectivity index (χ2n) is 7.57. The van der Waals surface area contributed by atoms with Crippen LogP contribution >= 0.6 is 0 Å². The smallest absolute Gasteiger partial charge is 0.324 e. The number of hydrogen-bond donors (Lipinski definition) is 3. The summed E-state index contributed by atoms with van der Waals surface area (Å²) in [6.45, 7) is 4.58. The molecule has 0 unspecified atom stereocenters. The summed E-state index contributed by atoms with van der Waals surface area (Å²) in [5.74, 6) is 0.891. The van der Waals surface area contributed by atoms with Gasteiger partial charge in [-0.25, -0.2) is 8.42 Å². The van der Waals surface area contributed by atoms with E-state index in [0.29, 0.717) is 25.3 Å². The first-order valence-corrected chi connectivity index (χ1v) is 11.8. The maximum Gasteiger partial charge on any atom is 0.324 e. The number of aryl methyl sites for hydroxylation is 1. The molecule has 1 fully saturated rings. The second kappa shape index (κ2) is 8.71. The molecule has 3 heterocycles. The van der Waals surface area contributed by atoms with E-state index in [9.17, 15) is 18.7 Å². The molecule has 32 heavy (non-hydrogen) atoms. The highest BCUT2D eigenvalue weighted by Crippen LogP contribution is 2.36. The van der Waals surface area contributed by atoms with Crippen molar-refractivity contribution in [3.8, 4) is 5.75 Å². The van der Waals surface area contributed by atoms with Crippen LogP contribution in [-0.2, 0) is 10.0 Å².